The van der Waals surface area contributed by atoms with Crippen LogP contribution in [0.1, 0.15) is 80.1 Å². The summed E-state index contributed by atoms with van der Waals surface area (Å²) in [6, 6.07) is 14.3. The number of phenols is 1. The smallest absolute Gasteiger partial charge is 0.238 e. The highest BCUT2D eigenvalue weighted by Crippen LogP contribution is 2.62. The number of alkyl halides is 1. The number of hydrogen-bond acceptors (Lipinski definition) is 9. The first-order valence-corrected chi connectivity index (χ1v) is 17.4. The van der Waals surface area contributed by atoms with Crippen molar-refractivity contribution < 1.29 is 30.0 Å². The average Bonchev–Trinajstić information content (AvgIpc) is 3.54. The Labute approximate surface area is 280 Å². The summed E-state index contributed by atoms with van der Waals surface area (Å²) in [6.07, 6.45) is 10.3. The van der Waals surface area contributed by atoms with E-state index in [1.807, 2.05) is 30.3 Å². The first kappa shape index (κ1) is 33.5. The molecule has 0 spiro atoms. The van der Waals surface area contributed by atoms with Gasteiger partial charge in [-0.1, -0.05) is 59.6 Å². The lowest BCUT2D eigenvalue weighted by molar-refractivity contribution is -0.225. The number of aromatic hydroxyl groups is 1. The van der Waals surface area contributed by atoms with Gasteiger partial charge in [0.05, 0.1) is 23.5 Å². The number of halogens is 1. The summed E-state index contributed by atoms with van der Waals surface area (Å²) in [5.74, 6) is -1.17. The summed E-state index contributed by atoms with van der Waals surface area (Å²) in [4.78, 5) is 6.01. The Morgan fingerprint density at radius 2 is 1.81 bits per heavy atom. The number of fused-ring (bicyclic) bond motifs is 2. The molecule has 252 valence electrons. The second-order valence-corrected chi connectivity index (χ2v) is 13.3. The number of aliphatic hydroxyl groups excluding tert-OH is 2. The zero-order chi connectivity index (χ0) is 32.8. The molecule has 2 aromatic carbocycles. The van der Waals surface area contributed by atoms with Crippen molar-refractivity contribution in [1.29, 1.82) is 0 Å². The molecule has 3 aliphatic rings. The van der Waals surface area contributed by atoms with Crippen LogP contribution in [0.15, 0.2) is 71.5 Å². The number of nitrogens with zero attached hydrogens (tertiary/aromatic N) is 4. The summed E-state index contributed by atoms with van der Waals surface area (Å²) in [5.41, 5.74) is 4.28. The second kappa shape index (κ2) is 15.2. The summed E-state index contributed by atoms with van der Waals surface area (Å²) in [7, 11) is 0. The van der Waals surface area contributed by atoms with Gasteiger partial charge in [0.1, 0.15) is 24.1 Å². The zero-order valence-corrected chi connectivity index (χ0v) is 27.4. The third-order valence-electron chi connectivity index (χ3n) is 10.0. The lowest BCUT2D eigenvalue weighted by atomic mass is 9.55. The number of aromatic nitrogens is 3. The number of allylic oxidation sites excluding steroid dienone is 1. The molecule has 2 aliphatic carbocycles. The molecule has 0 amide bonds. The van der Waals surface area contributed by atoms with E-state index in [1.54, 1.807) is 29.1 Å². The number of unbranched alkanes of at least 4 members (excludes halogenated alkanes) is 2. The highest BCUT2D eigenvalue weighted by Gasteiger charge is 2.63. The minimum absolute atomic E-state index is 0.0710. The topological polar surface area (TPSA) is 142 Å². The van der Waals surface area contributed by atoms with Crippen molar-refractivity contribution in [3.05, 3.63) is 83.2 Å². The minimum atomic E-state index is -1.71. The number of hydrogen-bond donors (Lipinski definition) is 4. The fraction of sp³-hybridized carbons (Fsp3) is 0.528. The van der Waals surface area contributed by atoms with Crippen LogP contribution in [0.3, 0.4) is 0 Å². The van der Waals surface area contributed by atoms with Crippen LogP contribution in [0.2, 0.25) is 0 Å². The van der Waals surface area contributed by atoms with Gasteiger partial charge in [-0.15, -0.1) is 16.7 Å². The maximum absolute atomic E-state index is 13.0. The minimum Gasteiger partial charge on any atom is -0.508 e. The van der Waals surface area contributed by atoms with Crippen LogP contribution in [0.5, 0.6) is 11.5 Å². The molecule has 0 saturated heterocycles. The predicted octanol–water partition coefficient (Wildman–Crippen LogP) is 5.65. The maximum atomic E-state index is 13.0. The Hall–Kier alpha value is -3.44. The van der Waals surface area contributed by atoms with E-state index >= 15 is 0 Å². The molecule has 11 heteroatoms. The summed E-state index contributed by atoms with van der Waals surface area (Å²) < 4.78 is 8.43. The number of ether oxygens (including phenoxy) is 1. The van der Waals surface area contributed by atoms with E-state index in [-0.39, 0.29) is 36.7 Å². The first-order chi connectivity index (χ1) is 23.0. The Kier molecular flexibility index (Phi) is 10.8. The number of phenolic OH excluding ortho intramolecular Hbond substituents is 1. The monoisotopic (exact) mass is 664 g/mol. The lowest BCUT2D eigenvalue weighted by Gasteiger charge is -2.56. The molecule has 6 atom stereocenters. The van der Waals surface area contributed by atoms with Crippen LogP contribution < -0.4 is 4.74 Å². The Bertz CT molecular complexity index is 1550. The zero-order valence-electron chi connectivity index (χ0n) is 26.6. The standard InChI is InChI=1S/C36H45ClN4O6/c37-16-8-12-26-22-38-40-41(26)33-21-31(39-46-23-24-9-2-1-3-10-24)29-19-25(11-4-6-17-42)28(13-5-7-18-43)34-30-20-27(44)14-15-32(30)47-36(33,45)35(29)34/h1-3,9-10,14-15,19-20,22,25,28,33-35,42-45H,4-8,11-13,16-18,21,23H2. The molecule has 6 rings (SSSR count). The molecule has 4 N–H and O–H groups in total. The Balaban J connectivity index is 1.50. The summed E-state index contributed by atoms with van der Waals surface area (Å²) >= 11 is 6.07. The van der Waals surface area contributed by atoms with Crippen LogP contribution in [-0.2, 0) is 17.9 Å². The van der Waals surface area contributed by atoms with Crippen LogP contribution in [0.25, 0.3) is 0 Å². The molecule has 1 aromatic heterocycles. The molecule has 2 heterocycles. The van der Waals surface area contributed by atoms with Gasteiger partial charge in [-0.2, -0.15) is 0 Å². The molecule has 1 saturated carbocycles. The SMILES string of the molecule is OCCCCC1C=C2C(=NOCc3ccccc3)CC(n3nncc3CCCCl)C3(O)Oc4ccc(O)cc4C(C1CCCCO)C23. The van der Waals surface area contributed by atoms with Gasteiger partial charge in [-0.3, -0.25) is 0 Å². The van der Waals surface area contributed by atoms with E-state index < -0.39 is 17.7 Å². The molecule has 0 bridgehead atoms. The predicted molar refractivity (Wildman–Crippen MR) is 178 cm³/mol. The molecule has 10 nitrogen and oxygen atoms in total. The van der Waals surface area contributed by atoms with Crippen molar-refractivity contribution in [3.8, 4) is 11.5 Å². The average molecular weight is 665 g/mol. The summed E-state index contributed by atoms with van der Waals surface area (Å²) in [6.45, 7) is 0.527. The molecule has 47 heavy (non-hydrogen) atoms. The van der Waals surface area contributed by atoms with Gasteiger partial charge in [0.15, 0.2) is 0 Å². The van der Waals surface area contributed by atoms with Gasteiger partial charge in [0, 0.05) is 37.0 Å². The van der Waals surface area contributed by atoms with E-state index in [2.05, 4.69) is 16.4 Å². The van der Waals surface area contributed by atoms with Crippen LogP contribution in [0, 0.1) is 17.8 Å². The van der Waals surface area contributed by atoms with E-state index in [9.17, 15) is 20.4 Å². The molecule has 6 unspecified atom stereocenters. The van der Waals surface area contributed by atoms with Gasteiger partial charge in [0.2, 0.25) is 5.79 Å². The number of oxime groups is 1. The van der Waals surface area contributed by atoms with E-state index in [4.69, 9.17) is 26.3 Å². The van der Waals surface area contributed by atoms with Crippen molar-refractivity contribution >= 4 is 17.3 Å². The van der Waals surface area contributed by atoms with Crippen molar-refractivity contribution in [2.24, 2.45) is 22.9 Å². The van der Waals surface area contributed by atoms with Crippen molar-refractivity contribution in [2.45, 2.75) is 82.1 Å². The maximum Gasteiger partial charge on any atom is 0.238 e. The van der Waals surface area contributed by atoms with E-state index in [1.165, 1.54) is 0 Å². The summed E-state index contributed by atoms with van der Waals surface area (Å²) in [5, 5.41) is 56.5. The number of rotatable bonds is 15. The number of aryl methyl sites for hydroxylation is 1. The highest BCUT2D eigenvalue weighted by molar-refractivity contribution is 6.17. The number of aliphatic hydroxyl groups is 3. The normalized spacial score (nSPS) is 27.1. The molecule has 3 aromatic rings. The van der Waals surface area contributed by atoms with Gasteiger partial charge < -0.3 is 30.0 Å². The highest BCUT2D eigenvalue weighted by atomic mass is 35.5. The molecule has 1 aliphatic heterocycles. The van der Waals surface area contributed by atoms with Gasteiger partial charge in [0.25, 0.3) is 0 Å². The van der Waals surface area contributed by atoms with Crippen molar-refractivity contribution in [3.63, 3.8) is 0 Å². The van der Waals surface area contributed by atoms with E-state index in [0.717, 1.165) is 60.2 Å². The van der Waals surface area contributed by atoms with Crippen LogP contribution >= 0.6 is 11.6 Å². The van der Waals surface area contributed by atoms with Crippen LogP contribution in [0.4, 0.5) is 0 Å². The third kappa shape index (κ3) is 6.92. The fourth-order valence-corrected chi connectivity index (χ4v) is 8.06. The van der Waals surface area contributed by atoms with Gasteiger partial charge in [-0.05, 0) is 79.7 Å². The Morgan fingerprint density at radius 3 is 2.57 bits per heavy atom. The quantitative estimate of drug-likeness (QED) is 0.0928. The third-order valence-corrected chi connectivity index (χ3v) is 10.3. The fourth-order valence-electron chi connectivity index (χ4n) is 7.92. The molecule has 0 radical (unpaired) electrons. The Morgan fingerprint density at radius 1 is 1.02 bits per heavy atom. The van der Waals surface area contributed by atoms with Crippen molar-refractivity contribution in [1.82, 2.24) is 15.0 Å². The van der Waals surface area contributed by atoms with Gasteiger partial charge in [-0.25, -0.2) is 4.68 Å². The van der Waals surface area contributed by atoms with Crippen LogP contribution in [-0.4, -0.2) is 66.0 Å². The lowest BCUT2D eigenvalue weighted by Crippen LogP contribution is -2.62. The molecule has 1 fully saturated rings. The molecular formula is C36H45ClN4O6. The second-order valence-electron chi connectivity index (χ2n) is 12.9. The molecular weight excluding hydrogens is 620 g/mol. The number of benzene rings is 2. The largest absolute Gasteiger partial charge is 0.508 e. The van der Waals surface area contributed by atoms with Gasteiger partial charge >= 0.3 is 0 Å². The van der Waals surface area contributed by atoms with Crippen molar-refractivity contribution in [2.75, 3.05) is 19.1 Å². The first-order valence-electron chi connectivity index (χ1n) is 16.8. The van der Waals surface area contributed by atoms with E-state index in [0.29, 0.717) is 43.9 Å².